The van der Waals surface area contributed by atoms with Crippen molar-refractivity contribution in [3.63, 3.8) is 0 Å². The summed E-state index contributed by atoms with van der Waals surface area (Å²) < 4.78 is 1.39. The van der Waals surface area contributed by atoms with Crippen molar-refractivity contribution in [1.82, 2.24) is 19.7 Å². The van der Waals surface area contributed by atoms with Gasteiger partial charge in [-0.05, 0) is 23.4 Å². The zero-order valence-corrected chi connectivity index (χ0v) is 11.3. The molecule has 1 N–H and O–H groups in total. The van der Waals surface area contributed by atoms with Crippen LogP contribution in [0.2, 0.25) is 0 Å². The van der Waals surface area contributed by atoms with Crippen LogP contribution in [0.25, 0.3) is 0 Å². The first-order valence-corrected chi connectivity index (χ1v) is 6.95. The predicted octanol–water partition coefficient (Wildman–Crippen LogP) is 0.550. The van der Waals surface area contributed by atoms with Crippen LogP contribution in [-0.2, 0) is 22.6 Å². The Morgan fingerprint density at radius 1 is 1.50 bits per heavy atom. The van der Waals surface area contributed by atoms with Gasteiger partial charge in [0.2, 0.25) is 5.91 Å². The fourth-order valence-corrected chi connectivity index (χ4v) is 3.30. The van der Waals surface area contributed by atoms with Crippen LogP contribution in [0.5, 0.6) is 0 Å². The summed E-state index contributed by atoms with van der Waals surface area (Å²) in [5, 5.41) is 15.2. The zero-order chi connectivity index (χ0) is 14.1. The third kappa shape index (κ3) is 2.18. The first kappa shape index (κ1) is 12.8. The fourth-order valence-electron chi connectivity index (χ4n) is 2.40. The second-order valence-electron chi connectivity index (χ2n) is 4.47. The van der Waals surface area contributed by atoms with Gasteiger partial charge < -0.3 is 10.0 Å². The van der Waals surface area contributed by atoms with E-state index in [4.69, 9.17) is 0 Å². The van der Waals surface area contributed by atoms with E-state index in [1.807, 2.05) is 5.38 Å². The highest BCUT2D eigenvalue weighted by atomic mass is 32.1. The molecule has 104 valence electrons. The van der Waals surface area contributed by atoms with Gasteiger partial charge >= 0.3 is 5.97 Å². The van der Waals surface area contributed by atoms with Gasteiger partial charge in [0, 0.05) is 11.4 Å². The smallest absolute Gasteiger partial charge is 0.331 e. The molecular formula is C12H12N4O3S. The maximum Gasteiger partial charge on any atom is 0.331 e. The lowest BCUT2D eigenvalue weighted by molar-refractivity contribution is -0.151. The Morgan fingerprint density at radius 3 is 3.05 bits per heavy atom. The summed E-state index contributed by atoms with van der Waals surface area (Å²) in [7, 11) is 0. The van der Waals surface area contributed by atoms with Gasteiger partial charge in [-0.3, -0.25) is 4.79 Å². The average Bonchev–Trinajstić information content (AvgIpc) is 3.06. The predicted molar refractivity (Wildman–Crippen MR) is 70.1 cm³/mol. The number of hydrogen-bond acceptors (Lipinski definition) is 5. The minimum absolute atomic E-state index is 0.00322. The van der Waals surface area contributed by atoms with Crippen molar-refractivity contribution < 1.29 is 14.7 Å². The average molecular weight is 292 g/mol. The Morgan fingerprint density at radius 2 is 2.35 bits per heavy atom. The number of carbonyl (C=O) groups excluding carboxylic acids is 1. The highest BCUT2D eigenvalue weighted by Gasteiger charge is 2.36. The van der Waals surface area contributed by atoms with Crippen LogP contribution >= 0.6 is 11.3 Å². The van der Waals surface area contributed by atoms with E-state index in [1.165, 1.54) is 33.6 Å². The Bertz CT molecular complexity index is 637. The molecule has 0 saturated heterocycles. The monoisotopic (exact) mass is 292 g/mol. The third-order valence-corrected chi connectivity index (χ3v) is 4.28. The molecule has 0 bridgehead atoms. The highest BCUT2D eigenvalue weighted by molar-refractivity contribution is 7.10. The number of carboxylic acids is 1. The first-order valence-electron chi connectivity index (χ1n) is 6.08. The SMILES string of the molecule is O=C(O)C1c2ccsc2CCN1C(=O)Cn1cncn1. The van der Waals surface area contributed by atoms with E-state index < -0.39 is 12.0 Å². The van der Waals surface area contributed by atoms with Crippen LogP contribution in [0.4, 0.5) is 0 Å². The van der Waals surface area contributed by atoms with E-state index in [-0.39, 0.29) is 12.5 Å². The highest BCUT2D eigenvalue weighted by Crippen LogP contribution is 2.33. The summed E-state index contributed by atoms with van der Waals surface area (Å²) in [6.07, 6.45) is 3.47. The molecule has 2 aromatic heterocycles. The Kier molecular flexibility index (Phi) is 3.23. The van der Waals surface area contributed by atoms with Crippen LogP contribution in [-0.4, -0.2) is 43.2 Å². The summed E-state index contributed by atoms with van der Waals surface area (Å²) in [5.74, 6) is -1.27. The Hall–Kier alpha value is -2.22. The summed E-state index contributed by atoms with van der Waals surface area (Å²) >= 11 is 1.54. The van der Waals surface area contributed by atoms with Crippen molar-refractivity contribution >= 4 is 23.2 Å². The second kappa shape index (κ2) is 5.04. The van der Waals surface area contributed by atoms with Gasteiger partial charge in [-0.2, -0.15) is 5.10 Å². The molecular weight excluding hydrogens is 280 g/mol. The second-order valence-corrected chi connectivity index (χ2v) is 5.47. The molecule has 1 unspecified atom stereocenters. The van der Waals surface area contributed by atoms with E-state index >= 15 is 0 Å². The number of aromatic nitrogens is 3. The first-order chi connectivity index (χ1) is 9.66. The summed E-state index contributed by atoms with van der Waals surface area (Å²) in [4.78, 5) is 30.0. The molecule has 0 fully saturated rings. The number of carboxylic acid groups (broad SMARTS) is 1. The van der Waals surface area contributed by atoms with E-state index in [2.05, 4.69) is 10.1 Å². The number of fused-ring (bicyclic) bond motifs is 1. The van der Waals surface area contributed by atoms with Crippen molar-refractivity contribution in [3.8, 4) is 0 Å². The van der Waals surface area contributed by atoms with Crippen molar-refractivity contribution in [2.45, 2.75) is 19.0 Å². The Balaban J connectivity index is 1.85. The summed E-state index contributed by atoms with van der Waals surface area (Å²) in [6.45, 7) is 0.418. The number of carbonyl (C=O) groups is 2. The van der Waals surface area contributed by atoms with E-state index in [0.29, 0.717) is 13.0 Å². The van der Waals surface area contributed by atoms with E-state index in [1.54, 1.807) is 6.07 Å². The molecule has 3 heterocycles. The zero-order valence-electron chi connectivity index (χ0n) is 10.5. The maximum atomic E-state index is 12.3. The Labute approximate surface area is 118 Å². The number of amides is 1. The quantitative estimate of drug-likeness (QED) is 0.892. The number of aliphatic carboxylic acids is 1. The number of thiophene rings is 1. The fraction of sp³-hybridized carbons (Fsp3) is 0.333. The lowest BCUT2D eigenvalue weighted by Crippen LogP contribution is -2.44. The largest absolute Gasteiger partial charge is 0.479 e. The molecule has 0 aliphatic carbocycles. The van der Waals surface area contributed by atoms with Crippen LogP contribution in [0.15, 0.2) is 24.1 Å². The van der Waals surface area contributed by atoms with Crippen LogP contribution < -0.4 is 0 Å². The van der Waals surface area contributed by atoms with E-state index in [9.17, 15) is 14.7 Å². The minimum Gasteiger partial charge on any atom is -0.479 e. The number of hydrogen-bond donors (Lipinski definition) is 1. The molecule has 1 aliphatic heterocycles. The maximum absolute atomic E-state index is 12.3. The van der Waals surface area contributed by atoms with Gasteiger partial charge in [-0.25, -0.2) is 14.5 Å². The molecule has 2 aromatic rings. The van der Waals surface area contributed by atoms with Crippen molar-refractivity contribution in [2.24, 2.45) is 0 Å². The van der Waals surface area contributed by atoms with Gasteiger partial charge in [0.1, 0.15) is 19.2 Å². The van der Waals surface area contributed by atoms with Gasteiger partial charge in [0.05, 0.1) is 0 Å². The minimum atomic E-state index is -1.00. The summed E-state index contributed by atoms with van der Waals surface area (Å²) in [5.41, 5.74) is 0.723. The van der Waals surface area contributed by atoms with Gasteiger partial charge in [0.15, 0.2) is 6.04 Å². The molecule has 7 nitrogen and oxygen atoms in total. The number of nitrogens with zero attached hydrogens (tertiary/aromatic N) is 4. The van der Waals surface area contributed by atoms with Crippen molar-refractivity contribution in [1.29, 1.82) is 0 Å². The van der Waals surface area contributed by atoms with Crippen molar-refractivity contribution in [2.75, 3.05) is 6.54 Å². The normalized spacial score (nSPS) is 17.8. The number of rotatable bonds is 3. The molecule has 1 atom stereocenters. The van der Waals surface area contributed by atoms with Gasteiger partial charge in [-0.15, -0.1) is 11.3 Å². The standard InChI is InChI=1S/C12H12N4O3S/c17-10(5-15-7-13-6-14-15)16-3-1-9-8(2-4-20-9)11(16)12(18)19/h2,4,6-7,11H,1,3,5H2,(H,18,19). The molecule has 0 saturated carbocycles. The molecule has 1 aliphatic rings. The molecule has 20 heavy (non-hydrogen) atoms. The lowest BCUT2D eigenvalue weighted by atomic mass is 10.00. The molecule has 3 rings (SSSR count). The van der Waals surface area contributed by atoms with E-state index in [0.717, 1.165) is 10.4 Å². The van der Waals surface area contributed by atoms with Crippen LogP contribution in [0, 0.1) is 0 Å². The molecule has 8 heteroatoms. The molecule has 1 amide bonds. The summed E-state index contributed by atoms with van der Waals surface area (Å²) in [6, 6.07) is 0.884. The lowest BCUT2D eigenvalue weighted by Gasteiger charge is -2.33. The van der Waals surface area contributed by atoms with Crippen LogP contribution in [0.1, 0.15) is 16.5 Å². The molecule has 0 radical (unpaired) electrons. The van der Waals surface area contributed by atoms with Gasteiger partial charge in [-0.1, -0.05) is 0 Å². The van der Waals surface area contributed by atoms with Gasteiger partial charge in [0.25, 0.3) is 0 Å². The topological polar surface area (TPSA) is 88.3 Å². The third-order valence-electron chi connectivity index (χ3n) is 3.28. The van der Waals surface area contributed by atoms with Crippen molar-refractivity contribution in [3.05, 3.63) is 34.5 Å². The molecule has 0 aromatic carbocycles. The molecule has 0 spiro atoms. The van der Waals surface area contributed by atoms with Crippen LogP contribution in [0.3, 0.4) is 0 Å².